The Hall–Kier alpha value is -0.850. The smallest absolute Gasteiger partial charge is 0.263 e. The van der Waals surface area contributed by atoms with Gasteiger partial charge in [0.25, 0.3) is 6.48 Å². The minimum absolute atomic E-state index is 0.333. The maximum absolute atomic E-state index is 7.17. The Bertz CT molecular complexity index is 56.8. The molecule has 50 valence electrons. The first-order valence-electron chi connectivity index (χ1n) is 1.60. The first kappa shape index (κ1) is 10.2. The largest absolute Gasteiger partial charge is 0.370 e. The topological polar surface area (TPSA) is 137 Å². The molecule has 0 saturated carbocycles. The summed E-state index contributed by atoms with van der Waals surface area (Å²) in [5.41, 5.74) is 8.94. The highest BCUT2D eigenvalue weighted by Crippen LogP contribution is 1.49. The van der Waals surface area contributed by atoms with E-state index in [2.05, 4.69) is 11.5 Å². The molecule has 0 fully saturated rings. The van der Waals surface area contributed by atoms with E-state index in [0.717, 1.165) is 0 Å². The number of aliphatic hydroxyl groups is 3. The number of nitrogens with two attached hydrogens (primary N) is 2. The molecule has 0 unspecified atom stereocenters. The monoisotopic (exact) mass is 123 g/mol. The minimum atomic E-state index is -2.17. The molecule has 0 aromatic rings. The number of guanidine groups is 1. The summed E-state index contributed by atoms with van der Waals surface area (Å²) in [5, 5.41) is 27.6. The van der Waals surface area contributed by atoms with Crippen LogP contribution in [0.2, 0.25) is 0 Å². The Kier molecular flexibility index (Phi) is 7.84. The molecule has 0 aliphatic rings. The highest BCUT2D eigenvalue weighted by molar-refractivity contribution is 5.71. The van der Waals surface area contributed by atoms with E-state index in [9.17, 15) is 0 Å². The molecule has 8 N–H and O–H groups in total. The summed E-state index contributed by atoms with van der Waals surface area (Å²) >= 11 is 0. The third-order valence-corrected chi connectivity index (χ3v) is 0. The van der Waals surface area contributed by atoms with Gasteiger partial charge in [0.2, 0.25) is 0 Å². The molecule has 0 aliphatic carbocycles. The fraction of sp³-hybridized carbons (Fsp3) is 0.500. The molecule has 0 aliphatic heterocycles. The molecule has 0 aromatic carbocycles. The summed E-state index contributed by atoms with van der Waals surface area (Å²) in [7, 11) is 0. The number of aliphatic hydroxyl groups excluding tert-OH is 1. The normalized spacial score (nSPS) is 7.50. The number of nitrogens with one attached hydrogen (secondary N) is 1. The Morgan fingerprint density at radius 1 is 1.25 bits per heavy atom. The zero-order valence-electron chi connectivity index (χ0n) is 4.07. The van der Waals surface area contributed by atoms with Crippen LogP contribution >= 0.6 is 0 Å². The lowest BCUT2D eigenvalue weighted by Gasteiger charge is -1.80. The van der Waals surface area contributed by atoms with Crippen molar-refractivity contribution < 1.29 is 15.3 Å². The van der Waals surface area contributed by atoms with Crippen molar-refractivity contribution in [2.75, 3.05) is 0 Å². The average molecular weight is 123 g/mol. The summed E-state index contributed by atoms with van der Waals surface area (Å²) in [6, 6.07) is 0. The second kappa shape index (κ2) is 6.15. The lowest BCUT2D eigenvalue weighted by atomic mass is 11.1. The molecule has 0 bridgehead atoms. The van der Waals surface area contributed by atoms with Crippen molar-refractivity contribution in [1.29, 1.82) is 5.41 Å². The first-order valence-corrected chi connectivity index (χ1v) is 1.60. The van der Waals surface area contributed by atoms with Gasteiger partial charge in [0.1, 0.15) is 0 Å². The quantitative estimate of drug-likeness (QED) is 0.116. The summed E-state index contributed by atoms with van der Waals surface area (Å²) in [6.45, 7) is -2.17. The Morgan fingerprint density at radius 3 is 1.25 bits per heavy atom. The summed E-state index contributed by atoms with van der Waals surface area (Å²) in [4.78, 5) is 0. The summed E-state index contributed by atoms with van der Waals surface area (Å²) < 4.78 is 0. The lowest BCUT2D eigenvalue weighted by Crippen LogP contribution is -2.20. The summed E-state index contributed by atoms with van der Waals surface area (Å²) in [5.74, 6) is -0.333. The van der Waals surface area contributed by atoms with Crippen LogP contribution in [-0.4, -0.2) is 27.8 Å². The SMILES string of the molecule is N=C(N)N.OC(O)O. The molecule has 6 heteroatoms. The van der Waals surface area contributed by atoms with Crippen LogP contribution < -0.4 is 11.5 Å². The van der Waals surface area contributed by atoms with Gasteiger partial charge in [-0.05, 0) is 0 Å². The third kappa shape index (κ3) is 123. The Labute approximate surface area is 45.9 Å². The molecule has 6 nitrogen and oxygen atoms in total. The van der Waals surface area contributed by atoms with Crippen LogP contribution in [0.4, 0.5) is 0 Å². The standard InChI is InChI=1S/CH5N3.CH4O3/c2*2-1(3)4/h(H5,2,3,4);1-4H. The van der Waals surface area contributed by atoms with Gasteiger partial charge in [-0.2, -0.15) is 0 Å². The highest BCUT2D eigenvalue weighted by atomic mass is 16.6. The van der Waals surface area contributed by atoms with Crippen molar-refractivity contribution in [1.82, 2.24) is 0 Å². The van der Waals surface area contributed by atoms with E-state index in [4.69, 9.17) is 20.7 Å². The minimum Gasteiger partial charge on any atom is -0.370 e. The fourth-order valence-electron chi connectivity index (χ4n) is 0. The van der Waals surface area contributed by atoms with E-state index in [-0.39, 0.29) is 5.96 Å². The van der Waals surface area contributed by atoms with Crippen LogP contribution in [0.5, 0.6) is 0 Å². The molecular formula is C2H9N3O3. The van der Waals surface area contributed by atoms with Crippen molar-refractivity contribution >= 4 is 5.96 Å². The van der Waals surface area contributed by atoms with E-state index in [1.165, 1.54) is 0 Å². The van der Waals surface area contributed by atoms with E-state index in [1.54, 1.807) is 0 Å². The lowest BCUT2D eigenvalue weighted by molar-refractivity contribution is -0.198. The van der Waals surface area contributed by atoms with Gasteiger partial charge in [-0.3, -0.25) is 5.41 Å². The van der Waals surface area contributed by atoms with Gasteiger partial charge in [0, 0.05) is 0 Å². The van der Waals surface area contributed by atoms with Crippen molar-refractivity contribution in [3.05, 3.63) is 0 Å². The second-order valence-electron chi connectivity index (χ2n) is 0.802. The van der Waals surface area contributed by atoms with Crippen molar-refractivity contribution in [2.45, 2.75) is 6.48 Å². The van der Waals surface area contributed by atoms with Crippen LogP contribution in [0.15, 0.2) is 0 Å². The van der Waals surface area contributed by atoms with Gasteiger partial charge in [-0.25, -0.2) is 0 Å². The van der Waals surface area contributed by atoms with E-state index in [0.29, 0.717) is 0 Å². The predicted octanol–water partition coefficient (Wildman–Crippen LogP) is -2.91. The van der Waals surface area contributed by atoms with Crippen LogP contribution in [0.25, 0.3) is 0 Å². The zero-order valence-corrected chi connectivity index (χ0v) is 4.07. The fourth-order valence-corrected chi connectivity index (χ4v) is 0. The average Bonchev–Trinajstić information content (AvgIpc) is 1.25. The molecule has 0 heterocycles. The van der Waals surface area contributed by atoms with Crippen molar-refractivity contribution in [3.63, 3.8) is 0 Å². The molecule has 0 atom stereocenters. The Morgan fingerprint density at radius 2 is 1.25 bits per heavy atom. The van der Waals surface area contributed by atoms with Gasteiger partial charge in [-0.15, -0.1) is 0 Å². The Balaban J connectivity index is 0. The van der Waals surface area contributed by atoms with Gasteiger partial charge < -0.3 is 26.8 Å². The molecule has 0 spiro atoms. The highest BCUT2D eigenvalue weighted by Gasteiger charge is 1.72. The molecule has 0 saturated heterocycles. The number of rotatable bonds is 0. The number of hydrogen-bond acceptors (Lipinski definition) is 4. The molecular weight excluding hydrogens is 114 g/mol. The van der Waals surface area contributed by atoms with Crippen LogP contribution in [-0.2, 0) is 0 Å². The number of hydrogen-bond donors (Lipinski definition) is 6. The molecule has 0 radical (unpaired) electrons. The predicted molar refractivity (Wildman–Crippen MR) is 26.5 cm³/mol. The maximum atomic E-state index is 7.17. The van der Waals surface area contributed by atoms with Crippen molar-refractivity contribution in [3.8, 4) is 0 Å². The molecule has 0 aromatic heterocycles. The molecule has 0 amide bonds. The van der Waals surface area contributed by atoms with Crippen molar-refractivity contribution in [2.24, 2.45) is 11.5 Å². The maximum Gasteiger partial charge on any atom is 0.263 e. The first-order chi connectivity index (χ1) is 3.46. The third-order valence-electron chi connectivity index (χ3n) is 0. The second-order valence-corrected chi connectivity index (χ2v) is 0.802. The zero-order chi connectivity index (χ0) is 7.15. The van der Waals surface area contributed by atoms with Crippen LogP contribution in [0, 0.1) is 5.41 Å². The van der Waals surface area contributed by atoms with Crippen LogP contribution in [0.3, 0.4) is 0 Å². The van der Waals surface area contributed by atoms with E-state index < -0.39 is 6.48 Å². The van der Waals surface area contributed by atoms with Gasteiger partial charge in [0.15, 0.2) is 5.96 Å². The van der Waals surface area contributed by atoms with E-state index >= 15 is 0 Å². The van der Waals surface area contributed by atoms with Crippen LogP contribution in [0.1, 0.15) is 0 Å². The molecule has 0 rings (SSSR count). The van der Waals surface area contributed by atoms with Gasteiger partial charge >= 0.3 is 0 Å². The summed E-state index contributed by atoms with van der Waals surface area (Å²) in [6.07, 6.45) is 0. The van der Waals surface area contributed by atoms with Gasteiger partial charge in [0.05, 0.1) is 0 Å². The molecule has 8 heavy (non-hydrogen) atoms. The van der Waals surface area contributed by atoms with Gasteiger partial charge in [-0.1, -0.05) is 0 Å². The van der Waals surface area contributed by atoms with E-state index in [1.807, 2.05) is 0 Å².